The lowest BCUT2D eigenvalue weighted by molar-refractivity contribution is -0.671. The van der Waals surface area contributed by atoms with Crippen LogP contribution >= 0.6 is 11.6 Å². The number of pyridine rings is 1. The Morgan fingerprint density at radius 1 is 1.11 bits per heavy atom. The summed E-state index contributed by atoms with van der Waals surface area (Å²) < 4.78 is 7.86. The van der Waals surface area contributed by atoms with Crippen molar-refractivity contribution >= 4 is 22.6 Å². The molecule has 2 nitrogen and oxygen atoms in total. The first-order valence-corrected chi connectivity index (χ1v) is 6.16. The molecular formula is C15H13ClINO. The highest BCUT2D eigenvalue weighted by Crippen LogP contribution is 2.30. The van der Waals surface area contributed by atoms with Crippen LogP contribution in [0.3, 0.4) is 0 Å². The lowest BCUT2D eigenvalue weighted by atomic mass is 10.1. The van der Waals surface area contributed by atoms with Crippen molar-refractivity contribution in [2.75, 3.05) is 0 Å². The number of aromatic nitrogens is 1. The second kappa shape index (κ2) is 5.51. The normalized spacial score (nSPS) is 10.5. The van der Waals surface area contributed by atoms with E-state index < -0.39 is 0 Å². The molecule has 0 atom stereocenters. The van der Waals surface area contributed by atoms with Gasteiger partial charge in [-0.15, -0.1) is 0 Å². The number of halogens is 2. The summed E-state index contributed by atoms with van der Waals surface area (Å²) in [6.07, 6.45) is 4.00. The maximum atomic E-state index is 6.12. The number of hydrogen-bond donors (Lipinski definition) is 0. The van der Waals surface area contributed by atoms with E-state index in [1.807, 2.05) is 61.3 Å². The third-order valence-electron chi connectivity index (χ3n) is 3.06. The standard InChI is InChI=1S/C15H13ClNO.HI/c1-10-7-14-12(8-13(10)16)9-15(18-14)11-3-5-17(2)6-4-11;/h3-9H,1-2H3;1H/q+1;/p-1. The minimum absolute atomic E-state index is 0. The first-order valence-electron chi connectivity index (χ1n) is 5.79. The zero-order chi connectivity index (χ0) is 12.7. The molecule has 0 aliphatic heterocycles. The van der Waals surface area contributed by atoms with Gasteiger partial charge in [0.2, 0.25) is 0 Å². The molecule has 0 saturated heterocycles. The van der Waals surface area contributed by atoms with E-state index in [1.54, 1.807) is 0 Å². The van der Waals surface area contributed by atoms with Gasteiger partial charge in [-0.25, -0.2) is 4.57 Å². The van der Waals surface area contributed by atoms with Crippen molar-refractivity contribution < 1.29 is 33.0 Å². The third-order valence-corrected chi connectivity index (χ3v) is 3.47. The molecule has 0 bridgehead atoms. The summed E-state index contributed by atoms with van der Waals surface area (Å²) in [4.78, 5) is 0. The second-order valence-electron chi connectivity index (χ2n) is 4.50. The summed E-state index contributed by atoms with van der Waals surface area (Å²) in [6, 6.07) is 10.0. The van der Waals surface area contributed by atoms with Gasteiger partial charge in [-0.05, 0) is 30.7 Å². The fraction of sp³-hybridized carbons (Fsp3) is 0.133. The molecule has 0 unspecified atom stereocenters. The van der Waals surface area contributed by atoms with Crippen LogP contribution in [-0.2, 0) is 7.05 Å². The molecule has 98 valence electrons. The van der Waals surface area contributed by atoms with Crippen molar-refractivity contribution in [2.24, 2.45) is 7.05 Å². The van der Waals surface area contributed by atoms with Gasteiger partial charge in [-0.3, -0.25) is 0 Å². The maximum absolute atomic E-state index is 6.12. The topological polar surface area (TPSA) is 17.0 Å². The molecule has 0 fully saturated rings. The van der Waals surface area contributed by atoms with E-state index in [-0.39, 0.29) is 24.0 Å². The predicted octanol–water partition coefficient (Wildman–Crippen LogP) is 0.890. The summed E-state index contributed by atoms with van der Waals surface area (Å²) in [5.41, 5.74) is 2.97. The van der Waals surface area contributed by atoms with E-state index in [0.717, 1.165) is 32.9 Å². The summed E-state index contributed by atoms with van der Waals surface area (Å²) >= 11 is 6.12. The average molecular weight is 386 g/mol. The van der Waals surface area contributed by atoms with Crippen molar-refractivity contribution in [2.45, 2.75) is 6.92 Å². The molecule has 0 radical (unpaired) electrons. The van der Waals surface area contributed by atoms with Crippen molar-refractivity contribution in [1.29, 1.82) is 0 Å². The number of fused-ring (bicyclic) bond motifs is 1. The van der Waals surface area contributed by atoms with Gasteiger partial charge in [-0.2, -0.15) is 0 Å². The van der Waals surface area contributed by atoms with Gasteiger partial charge < -0.3 is 28.4 Å². The molecule has 2 aromatic heterocycles. The number of rotatable bonds is 1. The quantitative estimate of drug-likeness (QED) is 0.449. The van der Waals surface area contributed by atoms with Crippen LogP contribution in [0.5, 0.6) is 0 Å². The van der Waals surface area contributed by atoms with E-state index in [1.165, 1.54) is 0 Å². The fourth-order valence-electron chi connectivity index (χ4n) is 1.97. The van der Waals surface area contributed by atoms with E-state index in [4.69, 9.17) is 16.0 Å². The highest BCUT2D eigenvalue weighted by atomic mass is 127. The molecule has 3 aromatic rings. The van der Waals surface area contributed by atoms with Crippen molar-refractivity contribution in [1.82, 2.24) is 0 Å². The van der Waals surface area contributed by atoms with Gasteiger partial charge >= 0.3 is 0 Å². The SMILES string of the molecule is Cc1cc2oc(-c3cc[n+](C)cc3)cc2cc1Cl.[I-]. The van der Waals surface area contributed by atoms with E-state index in [2.05, 4.69) is 0 Å². The summed E-state index contributed by atoms with van der Waals surface area (Å²) in [5, 5.41) is 1.81. The van der Waals surface area contributed by atoms with Gasteiger partial charge in [0.25, 0.3) is 0 Å². The largest absolute Gasteiger partial charge is 1.00 e. The monoisotopic (exact) mass is 385 g/mol. The molecule has 0 amide bonds. The molecule has 0 N–H and O–H groups in total. The van der Waals surface area contributed by atoms with E-state index in [9.17, 15) is 0 Å². The Morgan fingerprint density at radius 2 is 1.79 bits per heavy atom. The number of furan rings is 1. The molecule has 0 aliphatic carbocycles. The van der Waals surface area contributed by atoms with Crippen molar-refractivity contribution in [3.8, 4) is 11.3 Å². The lowest BCUT2D eigenvalue weighted by Gasteiger charge is -1.95. The van der Waals surface area contributed by atoms with Gasteiger partial charge in [-0.1, -0.05) is 11.6 Å². The Morgan fingerprint density at radius 3 is 2.47 bits per heavy atom. The molecule has 3 rings (SSSR count). The molecule has 2 heterocycles. The van der Waals surface area contributed by atoms with Crippen LogP contribution < -0.4 is 28.5 Å². The zero-order valence-corrected chi connectivity index (χ0v) is 13.6. The number of benzene rings is 1. The first kappa shape index (κ1) is 14.3. The van der Waals surface area contributed by atoms with E-state index in [0.29, 0.717) is 0 Å². The Labute approximate surface area is 134 Å². The second-order valence-corrected chi connectivity index (χ2v) is 4.91. The van der Waals surface area contributed by atoms with Crippen LogP contribution in [0.2, 0.25) is 5.02 Å². The van der Waals surface area contributed by atoms with Crippen LogP contribution in [0.15, 0.2) is 47.1 Å². The highest BCUT2D eigenvalue weighted by molar-refractivity contribution is 6.32. The van der Waals surface area contributed by atoms with Gasteiger partial charge in [0, 0.05) is 28.1 Å². The molecule has 0 aliphatic rings. The fourth-order valence-corrected chi connectivity index (χ4v) is 2.14. The van der Waals surface area contributed by atoms with Gasteiger partial charge in [0.1, 0.15) is 18.4 Å². The summed E-state index contributed by atoms with van der Waals surface area (Å²) in [6.45, 7) is 1.98. The molecule has 1 aromatic carbocycles. The first-order chi connectivity index (χ1) is 8.63. The number of nitrogens with zero attached hydrogens (tertiary/aromatic N) is 1. The summed E-state index contributed by atoms with van der Waals surface area (Å²) in [7, 11) is 1.99. The Balaban J connectivity index is 0.00000133. The molecule has 0 spiro atoms. The highest BCUT2D eigenvalue weighted by Gasteiger charge is 2.09. The molecular weight excluding hydrogens is 373 g/mol. The predicted molar refractivity (Wildman–Crippen MR) is 72.6 cm³/mol. The summed E-state index contributed by atoms with van der Waals surface area (Å²) in [5.74, 6) is 0.868. The van der Waals surface area contributed by atoms with Crippen molar-refractivity contribution in [3.05, 3.63) is 53.3 Å². The lowest BCUT2D eigenvalue weighted by Crippen LogP contribution is -3.00. The third kappa shape index (κ3) is 2.77. The number of hydrogen-bond acceptors (Lipinski definition) is 1. The number of aryl methyl sites for hydroxylation is 2. The van der Waals surface area contributed by atoms with Gasteiger partial charge in [0.05, 0.1) is 0 Å². The van der Waals surface area contributed by atoms with Crippen LogP contribution in [-0.4, -0.2) is 0 Å². The maximum Gasteiger partial charge on any atom is 0.169 e. The van der Waals surface area contributed by atoms with Crippen LogP contribution in [0.4, 0.5) is 0 Å². The minimum atomic E-state index is 0. The van der Waals surface area contributed by atoms with E-state index >= 15 is 0 Å². The van der Waals surface area contributed by atoms with Crippen LogP contribution in [0.25, 0.3) is 22.3 Å². The van der Waals surface area contributed by atoms with Crippen molar-refractivity contribution in [3.63, 3.8) is 0 Å². The Hall–Kier alpha value is -1.07. The molecule has 0 saturated carbocycles. The minimum Gasteiger partial charge on any atom is -1.00 e. The van der Waals surface area contributed by atoms with Crippen LogP contribution in [0, 0.1) is 6.92 Å². The molecule has 19 heavy (non-hydrogen) atoms. The van der Waals surface area contributed by atoms with Gasteiger partial charge in [0.15, 0.2) is 12.4 Å². The average Bonchev–Trinajstić information content (AvgIpc) is 2.73. The zero-order valence-electron chi connectivity index (χ0n) is 10.7. The van der Waals surface area contributed by atoms with Crippen LogP contribution in [0.1, 0.15) is 5.56 Å². The Bertz CT molecular complexity index is 680. The molecule has 4 heteroatoms. The Kier molecular flexibility index (Phi) is 4.16. The smallest absolute Gasteiger partial charge is 0.169 e.